The molecule has 0 bridgehead atoms. The Morgan fingerprint density at radius 3 is 1.09 bits per heavy atom. The summed E-state index contributed by atoms with van der Waals surface area (Å²) in [4.78, 5) is 0. The lowest BCUT2D eigenvalue weighted by Crippen LogP contribution is -2.01. The van der Waals surface area contributed by atoms with Gasteiger partial charge in [0.25, 0.3) is 0 Å². The highest BCUT2D eigenvalue weighted by Crippen LogP contribution is 2.23. The van der Waals surface area contributed by atoms with E-state index >= 15 is 0 Å². The highest BCUT2D eigenvalue weighted by atomic mass is 14.1. The van der Waals surface area contributed by atoms with Crippen LogP contribution in [0.15, 0.2) is 0 Å². The van der Waals surface area contributed by atoms with E-state index in [0.29, 0.717) is 0 Å². The van der Waals surface area contributed by atoms with Crippen LogP contribution < -0.4 is 0 Å². The molecule has 0 N–H and O–H groups in total. The van der Waals surface area contributed by atoms with Crippen LogP contribution in [0.4, 0.5) is 0 Å². The number of rotatable bonds is 15. The summed E-state index contributed by atoms with van der Waals surface area (Å²) in [5, 5.41) is 0. The van der Waals surface area contributed by atoms with E-state index in [1.54, 1.807) is 0 Å². The Hall–Kier alpha value is 0. The van der Waals surface area contributed by atoms with Gasteiger partial charge in [0.2, 0.25) is 0 Å². The molecule has 0 aromatic carbocycles. The Bertz CT molecular complexity index is 218. The van der Waals surface area contributed by atoms with E-state index in [9.17, 15) is 0 Å². The van der Waals surface area contributed by atoms with E-state index in [1.807, 2.05) is 0 Å². The molecule has 0 nitrogen and oxygen atoms in total. The maximum atomic E-state index is 2.47. The summed E-state index contributed by atoms with van der Waals surface area (Å²) >= 11 is 0. The van der Waals surface area contributed by atoms with Crippen molar-refractivity contribution in [3.63, 3.8) is 0 Å². The highest BCUT2D eigenvalue weighted by Gasteiger charge is 2.07. The van der Waals surface area contributed by atoms with E-state index in [0.717, 1.165) is 23.7 Å². The Kier molecular flexibility index (Phi) is 14.6. The van der Waals surface area contributed by atoms with Crippen LogP contribution in [0, 0.1) is 23.7 Å². The second-order valence-electron chi connectivity index (χ2n) is 8.64. The third-order valence-corrected chi connectivity index (χ3v) is 5.32. The minimum atomic E-state index is 0.881. The normalized spacial score (nSPS) is 16.0. The molecule has 0 spiro atoms. The molecular formula is C22H46. The minimum absolute atomic E-state index is 0.881. The predicted molar refractivity (Wildman–Crippen MR) is 103 cm³/mol. The first kappa shape index (κ1) is 22.0. The molecule has 0 rings (SSSR count). The van der Waals surface area contributed by atoms with Crippen molar-refractivity contribution in [2.75, 3.05) is 0 Å². The van der Waals surface area contributed by atoms with Crippen LogP contribution in [0.3, 0.4) is 0 Å². The van der Waals surface area contributed by atoms with E-state index in [-0.39, 0.29) is 0 Å². The fourth-order valence-corrected chi connectivity index (χ4v) is 3.49. The third-order valence-electron chi connectivity index (χ3n) is 5.32. The van der Waals surface area contributed by atoms with Crippen LogP contribution >= 0.6 is 0 Å². The number of unbranched alkanes of at least 4 members (excludes halogenated alkanes) is 1. The van der Waals surface area contributed by atoms with Gasteiger partial charge >= 0.3 is 0 Å². The molecule has 22 heavy (non-hydrogen) atoms. The number of hydrogen-bond donors (Lipinski definition) is 0. The fraction of sp³-hybridized carbons (Fsp3) is 1.00. The zero-order chi connectivity index (χ0) is 16.8. The quantitative estimate of drug-likeness (QED) is 0.285. The third kappa shape index (κ3) is 14.9. The van der Waals surface area contributed by atoms with Gasteiger partial charge in [-0.05, 0) is 23.7 Å². The summed E-state index contributed by atoms with van der Waals surface area (Å²) in [5.41, 5.74) is 0. The van der Waals surface area contributed by atoms with Crippen LogP contribution in [0.25, 0.3) is 0 Å². The zero-order valence-electron chi connectivity index (χ0n) is 16.8. The van der Waals surface area contributed by atoms with Crippen LogP contribution in [0.5, 0.6) is 0 Å². The van der Waals surface area contributed by atoms with Gasteiger partial charge < -0.3 is 0 Å². The first-order valence-electron chi connectivity index (χ1n) is 10.5. The Labute approximate surface area is 142 Å². The number of hydrogen-bond acceptors (Lipinski definition) is 0. The van der Waals surface area contributed by atoms with E-state index in [4.69, 9.17) is 0 Å². The zero-order valence-corrected chi connectivity index (χ0v) is 16.8. The average Bonchev–Trinajstić information content (AvgIpc) is 2.44. The van der Waals surface area contributed by atoms with Crippen molar-refractivity contribution >= 4 is 0 Å². The van der Waals surface area contributed by atoms with Gasteiger partial charge in [-0.3, -0.25) is 0 Å². The van der Waals surface area contributed by atoms with Gasteiger partial charge in [0, 0.05) is 0 Å². The standard InChI is InChI=1S/C22H46/c1-7-8-13-20(4)15-10-17-22(6)18-11-16-21(5)14-9-12-19(2)3/h19-22H,7-18H2,1-6H3/t20-,21+,22+/m0/s1. The van der Waals surface area contributed by atoms with Crippen molar-refractivity contribution in [3.8, 4) is 0 Å². The van der Waals surface area contributed by atoms with Crippen molar-refractivity contribution in [1.29, 1.82) is 0 Å². The molecule has 0 heterocycles. The molecular weight excluding hydrogens is 264 g/mol. The maximum absolute atomic E-state index is 2.47. The van der Waals surface area contributed by atoms with E-state index in [1.165, 1.54) is 77.0 Å². The molecule has 0 fully saturated rings. The highest BCUT2D eigenvalue weighted by molar-refractivity contribution is 4.61. The van der Waals surface area contributed by atoms with Crippen molar-refractivity contribution in [3.05, 3.63) is 0 Å². The van der Waals surface area contributed by atoms with Gasteiger partial charge in [0.15, 0.2) is 0 Å². The van der Waals surface area contributed by atoms with Gasteiger partial charge in [-0.15, -0.1) is 0 Å². The fourth-order valence-electron chi connectivity index (χ4n) is 3.49. The molecule has 0 aliphatic heterocycles. The van der Waals surface area contributed by atoms with Crippen LogP contribution in [-0.4, -0.2) is 0 Å². The molecule has 3 atom stereocenters. The van der Waals surface area contributed by atoms with E-state index < -0.39 is 0 Å². The molecule has 0 unspecified atom stereocenters. The lowest BCUT2D eigenvalue weighted by atomic mass is 9.90. The van der Waals surface area contributed by atoms with Gasteiger partial charge in [-0.1, -0.05) is 119 Å². The Morgan fingerprint density at radius 2 is 0.773 bits per heavy atom. The molecule has 0 aromatic heterocycles. The molecule has 134 valence electrons. The first-order chi connectivity index (χ1) is 10.5. The summed E-state index contributed by atoms with van der Waals surface area (Å²) in [5.74, 6) is 3.72. The molecule has 0 aliphatic carbocycles. The Balaban J connectivity index is 3.46. The maximum Gasteiger partial charge on any atom is -0.0443 e. The molecule has 0 saturated heterocycles. The lowest BCUT2D eigenvalue weighted by molar-refractivity contribution is 0.372. The average molecular weight is 311 g/mol. The largest absolute Gasteiger partial charge is 0.0654 e. The first-order valence-corrected chi connectivity index (χ1v) is 10.5. The summed E-state index contributed by atoms with van der Waals surface area (Å²) in [6.45, 7) is 14.4. The van der Waals surface area contributed by atoms with E-state index in [2.05, 4.69) is 41.5 Å². The molecule has 0 aliphatic rings. The molecule has 0 radical (unpaired) electrons. The van der Waals surface area contributed by atoms with Gasteiger partial charge in [-0.2, -0.15) is 0 Å². The summed E-state index contributed by atoms with van der Waals surface area (Å²) in [6.07, 6.45) is 17.2. The van der Waals surface area contributed by atoms with Crippen molar-refractivity contribution in [1.82, 2.24) is 0 Å². The van der Waals surface area contributed by atoms with Gasteiger partial charge in [-0.25, -0.2) is 0 Å². The van der Waals surface area contributed by atoms with Crippen LogP contribution in [0.1, 0.15) is 119 Å². The monoisotopic (exact) mass is 310 g/mol. The van der Waals surface area contributed by atoms with Crippen molar-refractivity contribution < 1.29 is 0 Å². The SMILES string of the molecule is CCCC[C@H](C)CCC[C@@H](C)CCC[C@H](C)CCCC(C)C. The molecule has 0 amide bonds. The second-order valence-corrected chi connectivity index (χ2v) is 8.64. The molecule has 0 heteroatoms. The van der Waals surface area contributed by atoms with Crippen molar-refractivity contribution in [2.45, 2.75) is 119 Å². The van der Waals surface area contributed by atoms with Crippen molar-refractivity contribution in [2.24, 2.45) is 23.7 Å². The minimum Gasteiger partial charge on any atom is -0.0654 e. The van der Waals surface area contributed by atoms with Crippen LogP contribution in [0.2, 0.25) is 0 Å². The van der Waals surface area contributed by atoms with Gasteiger partial charge in [0.1, 0.15) is 0 Å². The van der Waals surface area contributed by atoms with Crippen LogP contribution in [-0.2, 0) is 0 Å². The second kappa shape index (κ2) is 14.6. The topological polar surface area (TPSA) is 0 Å². The smallest absolute Gasteiger partial charge is 0.0443 e. The molecule has 0 saturated carbocycles. The summed E-state index contributed by atoms with van der Waals surface area (Å²) in [7, 11) is 0. The summed E-state index contributed by atoms with van der Waals surface area (Å²) < 4.78 is 0. The Morgan fingerprint density at radius 1 is 0.455 bits per heavy atom. The van der Waals surface area contributed by atoms with Gasteiger partial charge in [0.05, 0.1) is 0 Å². The summed E-state index contributed by atoms with van der Waals surface area (Å²) in [6, 6.07) is 0. The lowest BCUT2D eigenvalue weighted by Gasteiger charge is -2.16. The molecule has 0 aromatic rings. The predicted octanol–water partition coefficient (Wildman–Crippen LogP) is 8.25.